The lowest BCUT2D eigenvalue weighted by Crippen LogP contribution is -2.28. The molecule has 12 heteroatoms. The summed E-state index contributed by atoms with van der Waals surface area (Å²) in [4.78, 5) is 26.8. The van der Waals surface area contributed by atoms with E-state index in [0.717, 1.165) is 33.9 Å². The molecule has 0 bridgehead atoms. The van der Waals surface area contributed by atoms with Gasteiger partial charge in [-0.15, -0.1) is 10.2 Å². The smallest absolute Gasteiger partial charge is 0.253 e. The predicted molar refractivity (Wildman–Crippen MR) is 187 cm³/mol. The van der Waals surface area contributed by atoms with Gasteiger partial charge in [-0.25, -0.2) is 5.01 Å². The van der Waals surface area contributed by atoms with Crippen molar-refractivity contribution in [2.75, 3.05) is 27.1 Å². The first-order valence-corrected chi connectivity index (χ1v) is 16.6. The summed E-state index contributed by atoms with van der Waals surface area (Å²) in [5.74, 6) is 2.27. The van der Waals surface area contributed by atoms with Crippen molar-refractivity contribution in [2.45, 2.75) is 30.6 Å². The Labute approximate surface area is 288 Å². The van der Waals surface area contributed by atoms with Gasteiger partial charge in [0, 0.05) is 6.42 Å². The molecule has 1 N–H and O–H groups in total. The monoisotopic (exact) mass is 676 g/mol. The normalized spacial score (nSPS) is 13.9. The number of ether oxygens (including phenoxy) is 3. The van der Waals surface area contributed by atoms with Gasteiger partial charge < -0.3 is 19.5 Å². The van der Waals surface area contributed by atoms with E-state index in [1.54, 1.807) is 26.3 Å². The third-order valence-electron chi connectivity index (χ3n) is 8.09. The Bertz CT molecular complexity index is 1930. The molecule has 0 saturated carbocycles. The Hall–Kier alpha value is -5.62. The Morgan fingerprint density at radius 1 is 0.816 bits per heavy atom. The van der Waals surface area contributed by atoms with Crippen molar-refractivity contribution < 1.29 is 23.8 Å². The number of rotatable bonds is 13. The van der Waals surface area contributed by atoms with E-state index in [1.165, 1.54) is 11.8 Å². The van der Waals surface area contributed by atoms with E-state index < -0.39 is 0 Å². The van der Waals surface area contributed by atoms with Crippen LogP contribution in [0.25, 0.3) is 5.69 Å². The topological polar surface area (TPSA) is 120 Å². The van der Waals surface area contributed by atoms with Gasteiger partial charge in [0.1, 0.15) is 17.2 Å². The number of nitrogens with one attached hydrogen (secondary N) is 1. The number of benzene rings is 4. The largest absolute Gasteiger partial charge is 0.497 e. The number of amides is 2. The molecule has 2 amide bonds. The molecule has 49 heavy (non-hydrogen) atoms. The number of hydrogen-bond donors (Lipinski definition) is 1. The lowest BCUT2D eigenvalue weighted by Gasteiger charge is -2.22. The quantitative estimate of drug-likeness (QED) is 0.160. The fraction of sp³-hybridized carbons (Fsp3) is 0.216. The van der Waals surface area contributed by atoms with E-state index in [0.29, 0.717) is 28.8 Å². The van der Waals surface area contributed by atoms with Crippen LogP contribution in [0.3, 0.4) is 0 Å². The second-order valence-electron chi connectivity index (χ2n) is 11.1. The summed E-state index contributed by atoms with van der Waals surface area (Å²) in [5, 5.41) is 18.7. The van der Waals surface area contributed by atoms with E-state index in [9.17, 15) is 9.59 Å². The number of carbonyl (C=O) groups excluding carboxylic acids is 2. The zero-order chi connectivity index (χ0) is 34.2. The van der Waals surface area contributed by atoms with E-state index >= 15 is 0 Å². The lowest BCUT2D eigenvalue weighted by molar-refractivity contribution is -0.130. The van der Waals surface area contributed by atoms with E-state index in [4.69, 9.17) is 19.3 Å². The summed E-state index contributed by atoms with van der Waals surface area (Å²) in [7, 11) is 4.84. The van der Waals surface area contributed by atoms with Crippen LogP contribution in [0.1, 0.15) is 35.0 Å². The molecular formula is C37H36N6O5S. The zero-order valence-electron chi connectivity index (χ0n) is 27.4. The van der Waals surface area contributed by atoms with Crippen molar-refractivity contribution in [2.24, 2.45) is 5.10 Å². The molecule has 250 valence electrons. The van der Waals surface area contributed by atoms with Crippen molar-refractivity contribution in [3.63, 3.8) is 0 Å². The third-order valence-corrected chi connectivity index (χ3v) is 9.01. The summed E-state index contributed by atoms with van der Waals surface area (Å²) in [6.07, 6.45) is 0.781. The fourth-order valence-corrected chi connectivity index (χ4v) is 6.38. The van der Waals surface area contributed by atoms with Gasteiger partial charge in [-0.2, -0.15) is 5.10 Å². The summed E-state index contributed by atoms with van der Waals surface area (Å²) in [6.45, 7) is 0.131. The molecule has 0 radical (unpaired) electrons. The Balaban J connectivity index is 1.24. The SMILES string of the molecule is COc1ccc(C2=NN(C(=O)CSc3nnc(CNC(=O)Cc4ccccc4)n3-c3ccccc3OC)[C@H](c3ccc(OC)cc3)C2)cc1. The number of nitrogens with zero attached hydrogens (tertiary/aromatic N) is 5. The maximum atomic E-state index is 14.0. The molecule has 2 heterocycles. The highest BCUT2D eigenvalue weighted by atomic mass is 32.2. The minimum Gasteiger partial charge on any atom is -0.497 e. The zero-order valence-corrected chi connectivity index (χ0v) is 28.2. The van der Waals surface area contributed by atoms with Gasteiger partial charge in [0.15, 0.2) is 11.0 Å². The van der Waals surface area contributed by atoms with Gasteiger partial charge in [-0.1, -0.05) is 66.4 Å². The average molecular weight is 677 g/mol. The van der Waals surface area contributed by atoms with Crippen LogP contribution in [-0.4, -0.2) is 64.4 Å². The van der Waals surface area contributed by atoms with Crippen LogP contribution < -0.4 is 19.5 Å². The number of thioether (sulfide) groups is 1. The second kappa shape index (κ2) is 15.5. The highest BCUT2D eigenvalue weighted by molar-refractivity contribution is 7.99. The molecule has 1 aromatic heterocycles. The number of methoxy groups -OCH3 is 3. The number of aromatic nitrogens is 3. The first-order chi connectivity index (χ1) is 24.0. The van der Waals surface area contributed by atoms with Gasteiger partial charge in [0.2, 0.25) is 5.91 Å². The van der Waals surface area contributed by atoms with Crippen molar-refractivity contribution in [3.8, 4) is 22.9 Å². The van der Waals surface area contributed by atoms with Crippen LogP contribution >= 0.6 is 11.8 Å². The maximum Gasteiger partial charge on any atom is 0.253 e. The molecule has 0 aliphatic carbocycles. The first kappa shape index (κ1) is 33.3. The van der Waals surface area contributed by atoms with Gasteiger partial charge in [0.05, 0.1) is 57.5 Å². The van der Waals surface area contributed by atoms with Gasteiger partial charge >= 0.3 is 0 Å². The first-order valence-electron chi connectivity index (χ1n) is 15.7. The summed E-state index contributed by atoms with van der Waals surface area (Å²) in [5.41, 5.74) is 4.25. The maximum absolute atomic E-state index is 14.0. The fourth-order valence-electron chi connectivity index (χ4n) is 5.56. The third kappa shape index (κ3) is 7.76. The minimum atomic E-state index is -0.307. The van der Waals surface area contributed by atoms with Crippen LogP contribution in [0, 0.1) is 0 Å². The molecule has 1 aliphatic heterocycles. The second-order valence-corrected chi connectivity index (χ2v) is 12.1. The number of hydrazone groups is 1. The number of para-hydroxylation sites is 2. The molecule has 0 saturated heterocycles. The number of hydrogen-bond acceptors (Lipinski definition) is 9. The van der Waals surface area contributed by atoms with Gasteiger partial charge in [0.25, 0.3) is 5.91 Å². The predicted octanol–water partition coefficient (Wildman–Crippen LogP) is 5.62. The van der Waals surface area contributed by atoms with Crippen LogP contribution in [0.15, 0.2) is 113 Å². The van der Waals surface area contributed by atoms with Crippen LogP contribution in [0.5, 0.6) is 17.2 Å². The Morgan fingerprint density at radius 2 is 1.49 bits per heavy atom. The average Bonchev–Trinajstić information content (AvgIpc) is 3.78. The molecule has 6 rings (SSSR count). The van der Waals surface area contributed by atoms with Crippen molar-refractivity contribution >= 4 is 29.3 Å². The van der Waals surface area contributed by atoms with Gasteiger partial charge in [-0.3, -0.25) is 14.2 Å². The Kier molecular flexibility index (Phi) is 10.5. The standard InChI is InChI=1S/C37H36N6O5S/c1-46-28-17-13-26(14-18-28)30-22-32(27-15-19-29(47-2)20-16-27)43(41-30)36(45)24-49-37-40-39-34(42(37)31-11-7-8-12-33(31)48-3)23-38-35(44)21-25-9-5-4-6-10-25/h4-20,32H,21-24H2,1-3H3,(H,38,44)/t32-/m0/s1. The van der Waals surface area contributed by atoms with Crippen LogP contribution in [0.2, 0.25) is 0 Å². The molecule has 1 atom stereocenters. The lowest BCUT2D eigenvalue weighted by atomic mass is 9.98. The molecule has 0 fully saturated rings. The van der Waals surface area contributed by atoms with Crippen molar-refractivity contribution in [3.05, 3.63) is 126 Å². The molecule has 0 unspecified atom stereocenters. The van der Waals surface area contributed by atoms with Crippen molar-refractivity contribution in [1.29, 1.82) is 0 Å². The number of carbonyl (C=O) groups is 2. The molecular weight excluding hydrogens is 641 g/mol. The van der Waals surface area contributed by atoms with Crippen LogP contribution in [0.4, 0.5) is 0 Å². The van der Waals surface area contributed by atoms with E-state index in [2.05, 4.69) is 15.5 Å². The van der Waals surface area contributed by atoms with E-state index in [1.807, 2.05) is 108 Å². The molecule has 0 spiro atoms. The summed E-state index contributed by atoms with van der Waals surface area (Å²) < 4.78 is 18.2. The Morgan fingerprint density at radius 3 is 2.18 bits per heavy atom. The molecule has 5 aromatic rings. The molecule has 1 aliphatic rings. The molecule has 4 aromatic carbocycles. The minimum absolute atomic E-state index is 0.0414. The summed E-state index contributed by atoms with van der Waals surface area (Å²) >= 11 is 1.24. The van der Waals surface area contributed by atoms with E-state index in [-0.39, 0.29) is 36.6 Å². The van der Waals surface area contributed by atoms with Gasteiger partial charge in [-0.05, 0) is 65.2 Å². The van der Waals surface area contributed by atoms with Crippen LogP contribution in [-0.2, 0) is 22.6 Å². The van der Waals surface area contributed by atoms with Crippen molar-refractivity contribution in [1.82, 2.24) is 25.1 Å². The molecule has 11 nitrogen and oxygen atoms in total. The summed E-state index contributed by atoms with van der Waals surface area (Å²) in [6, 6.07) is 32.0. The highest BCUT2D eigenvalue weighted by Gasteiger charge is 2.33. The highest BCUT2D eigenvalue weighted by Crippen LogP contribution is 2.35.